The number of nitrogens with zero attached hydrogens (tertiary/aromatic N) is 1. The summed E-state index contributed by atoms with van der Waals surface area (Å²) in [5.74, 6) is 0.581. The molecular weight excluding hydrogens is 216 g/mol. The average molecular weight is 242 g/mol. The Bertz CT molecular complexity index is 244. The minimum atomic E-state index is -0.348. The smallest absolute Gasteiger partial charge is 0.317 e. The van der Waals surface area contributed by atoms with Crippen LogP contribution in [0.4, 0.5) is 4.79 Å². The minimum absolute atomic E-state index is 0.00981. The molecule has 4 heteroatoms. The second kappa shape index (κ2) is 6.84. The van der Waals surface area contributed by atoms with Crippen LogP contribution in [0.1, 0.15) is 46.0 Å². The van der Waals surface area contributed by atoms with E-state index in [1.54, 1.807) is 18.9 Å². The van der Waals surface area contributed by atoms with Crippen molar-refractivity contribution in [1.29, 1.82) is 0 Å². The van der Waals surface area contributed by atoms with Crippen molar-refractivity contribution in [3.05, 3.63) is 0 Å². The number of carbonyl (C=O) groups excluding carboxylic acids is 1. The van der Waals surface area contributed by atoms with E-state index in [9.17, 15) is 9.90 Å². The van der Waals surface area contributed by atoms with Gasteiger partial charge < -0.3 is 15.3 Å². The number of aliphatic hydroxyl groups is 1. The van der Waals surface area contributed by atoms with Gasteiger partial charge in [-0.15, -0.1) is 0 Å². The largest absolute Gasteiger partial charge is 0.393 e. The van der Waals surface area contributed by atoms with Crippen LogP contribution in [0.5, 0.6) is 0 Å². The summed E-state index contributed by atoms with van der Waals surface area (Å²) >= 11 is 0. The van der Waals surface area contributed by atoms with Gasteiger partial charge >= 0.3 is 6.03 Å². The number of carbonyl (C=O) groups is 1. The zero-order valence-corrected chi connectivity index (χ0v) is 11.3. The monoisotopic (exact) mass is 242 g/mol. The maximum absolute atomic E-state index is 11.9. The first kappa shape index (κ1) is 14.3. The molecule has 1 aliphatic rings. The van der Waals surface area contributed by atoms with Crippen molar-refractivity contribution in [2.24, 2.45) is 5.92 Å². The Labute approximate surface area is 104 Å². The van der Waals surface area contributed by atoms with Crippen LogP contribution in [0.2, 0.25) is 0 Å². The Hall–Kier alpha value is -0.770. The molecule has 17 heavy (non-hydrogen) atoms. The van der Waals surface area contributed by atoms with Crippen molar-refractivity contribution in [1.82, 2.24) is 10.2 Å². The van der Waals surface area contributed by atoms with E-state index in [0.717, 1.165) is 6.42 Å². The highest BCUT2D eigenvalue weighted by Gasteiger charge is 2.23. The van der Waals surface area contributed by atoms with Crippen LogP contribution in [0.15, 0.2) is 0 Å². The summed E-state index contributed by atoms with van der Waals surface area (Å²) in [6, 6.07) is 0.314. The van der Waals surface area contributed by atoms with Crippen LogP contribution in [0.3, 0.4) is 0 Å². The number of amides is 2. The summed E-state index contributed by atoms with van der Waals surface area (Å²) in [6.07, 6.45) is 5.08. The normalized spacial score (nSPS) is 26.4. The maximum Gasteiger partial charge on any atom is 0.317 e. The van der Waals surface area contributed by atoms with Crippen LogP contribution in [0.25, 0.3) is 0 Å². The van der Waals surface area contributed by atoms with Gasteiger partial charge in [0.2, 0.25) is 0 Å². The number of hydrogen-bond acceptors (Lipinski definition) is 2. The van der Waals surface area contributed by atoms with Crippen molar-refractivity contribution >= 4 is 6.03 Å². The quantitative estimate of drug-likeness (QED) is 0.792. The van der Waals surface area contributed by atoms with Crippen LogP contribution in [-0.4, -0.2) is 41.8 Å². The maximum atomic E-state index is 11.9. The number of hydrogen-bond donors (Lipinski definition) is 2. The van der Waals surface area contributed by atoms with Crippen molar-refractivity contribution < 1.29 is 9.90 Å². The number of nitrogens with one attached hydrogen (secondary N) is 1. The zero-order chi connectivity index (χ0) is 12.8. The average Bonchev–Trinajstić information content (AvgIpc) is 2.28. The van der Waals surface area contributed by atoms with Crippen molar-refractivity contribution in [3.63, 3.8) is 0 Å². The second-order valence-corrected chi connectivity index (χ2v) is 5.38. The van der Waals surface area contributed by atoms with E-state index in [2.05, 4.69) is 12.2 Å². The molecule has 2 N–H and O–H groups in total. The van der Waals surface area contributed by atoms with Crippen molar-refractivity contribution in [2.75, 3.05) is 13.6 Å². The second-order valence-electron chi connectivity index (χ2n) is 5.38. The first-order valence-corrected chi connectivity index (χ1v) is 6.70. The molecule has 0 aromatic carbocycles. The van der Waals surface area contributed by atoms with Gasteiger partial charge in [0.15, 0.2) is 0 Å². The number of aliphatic hydroxyl groups excluding tert-OH is 1. The highest BCUT2D eigenvalue weighted by Crippen LogP contribution is 2.23. The summed E-state index contributed by atoms with van der Waals surface area (Å²) in [4.78, 5) is 13.6. The lowest BCUT2D eigenvalue weighted by Crippen LogP contribution is -2.47. The molecule has 0 saturated heterocycles. The summed E-state index contributed by atoms with van der Waals surface area (Å²) in [6.45, 7) is 4.56. The molecule has 100 valence electrons. The molecule has 1 rings (SSSR count). The van der Waals surface area contributed by atoms with E-state index < -0.39 is 0 Å². The minimum Gasteiger partial charge on any atom is -0.393 e. The van der Waals surface area contributed by atoms with E-state index in [1.165, 1.54) is 19.3 Å². The third-order valence-corrected chi connectivity index (χ3v) is 3.65. The van der Waals surface area contributed by atoms with Crippen LogP contribution in [-0.2, 0) is 0 Å². The first-order valence-electron chi connectivity index (χ1n) is 6.70. The van der Waals surface area contributed by atoms with Crippen LogP contribution < -0.4 is 5.32 Å². The van der Waals surface area contributed by atoms with Crippen LogP contribution in [0, 0.1) is 5.92 Å². The summed E-state index contributed by atoms with van der Waals surface area (Å²) in [5, 5.41) is 12.3. The van der Waals surface area contributed by atoms with Gasteiger partial charge in [0, 0.05) is 19.6 Å². The van der Waals surface area contributed by atoms with Gasteiger partial charge in [-0.2, -0.15) is 0 Å². The van der Waals surface area contributed by atoms with Gasteiger partial charge in [0.1, 0.15) is 0 Å². The SMILES string of the molecule is CC(O)CCN(C)C(=O)NC1CCCCC1C. The van der Waals surface area contributed by atoms with Gasteiger partial charge in [-0.3, -0.25) is 0 Å². The van der Waals surface area contributed by atoms with Gasteiger partial charge in [-0.25, -0.2) is 4.79 Å². The molecule has 0 aromatic rings. The fourth-order valence-electron chi connectivity index (χ4n) is 2.28. The van der Waals surface area contributed by atoms with Crippen molar-refractivity contribution in [2.45, 2.75) is 58.1 Å². The first-order chi connectivity index (χ1) is 8.00. The molecule has 4 nitrogen and oxygen atoms in total. The number of rotatable bonds is 4. The molecule has 0 aromatic heterocycles. The Morgan fingerprint density at radius 3 is 2.71 bits per heavy atom. The molecule has 0 aliphatic heterocycles. The third-order valence-electron chi connectivity index (χ3n) is 3.65. The lowest BCUT2D eigenvalue weighted by atomic mass is 9.86. The van der Waals surface area contributed by atoms with E-state index in [1.807, 2.05) is 0 Å². The van der Waals surface area contributed by atoms with Gasteiger partial charge in [-0.1, -0.05) is 19.8 Å². The van der Waals surface area contributed by atoms with Crippen molar-refractivity contribution in [3.8, 4) is 0 Å². The zero-order valence-electron chi connectivity index (χ0n) is 11.3. The van der Waals surface area contributed by atoms with Crippen LogP contribution >= 0.6 is 0 Å². The van der Waals surface area contributed by atoms with Gasteiger partial charge in [0.25, 0.3) is 0 Å². The molecule has 1 saturated carbocycles. The Morgan fingerprint density at radius 1 is 1.47 bits per heavy atom. The van der Waals surface area contributed by atoms with E-state index in [0.29, 0.717) is 24.9 Å². The number of urea groups is 1. The fraction of sp³-hybridized carbons (Fsp3) is 0.923. The summed E-state index contributed by atoms with van der Waals surface area (Å²) in [5.41, 5.74) is 0. The molecule has 0 bridgehead atoms. The van der Waals surface area contributed by atoms with E-state index >= 15 is 0 Å². The standard InChI is InChI=1S/C13H26N2O2/c1-10-6-4-5-7-12(10)14-13(17)15(3)9-8-11(2)16/h10-12,16H,4-9H2,1-3H3,(H,14,17). The van der Waals surface area contributed by atoms with E-state index in [4.69, 9.17) is 0 Å². The lowest BCUT2D eigenvalue weighted by Gasteiger charge is -2.31. The molecule has 0 radical (unpaired) electrons. The van der Waals surface area contributed by atoms with Gasteiger partial charge in [0.05, 0.1) is 6.10 Å². The predicted octanol–water partition coefficient (Wildman–Crippen LogP) is 1.98. The molecular formula is C13H26N2O2. The predicted molar refractivity (Wildman–Crippen MR) is 68.9 cm³/mol. The Balaban J connectivity index is 2.31. The molecule has 0 heterocycles. The molecule has 1 fully saturated rings. The summed E-state index contributed by atoms with van der Waals surface area (Å²) in [7, 11) is 1.78. The molecule has 3 unspecified atom stereocenters. The molecule has 1 aliphatic carbocycles. The molecule has 0 spiro atoms. The topological polar surface area (TPSA) is 52.6 Å². The van der Waals surface area contributed by atoms with E-state index in [-0.39, 0.29) is 12.1 Å². The Kier molecular flexibility index (Phi) is 5.75. The van der Waals surface area contributed by atoms with Gasteiger partial charge in [-0.05, 0) is 32.1 Å². The third kappa shape index (κ3) is 4.94. The molecule has 2 amide bonds. The summed E-state index contributed by atoms with van der Waals surface area (Å²) < 4.78 is 0. The highest BCUT2D eigenvalue weighted by molar-refractivity contribution is 5.74. The molecule has 3 atom stereocenters. The fourth-order valence-corrected chi connectivity index (χ4v) is 2.28. The highest BCUT2D eigenvalue weighted by atomic mass is 16.3. The Morgan fingerprint density at radius 2 is 2.12 bits per heavy atom. The lowest BCUT2D eigenvalue weighted by molar-refractivity contribution is 0.159.